The Morgan fingerprint density at radius 1 is 1.09 bits per heavy atom. The average Bonchev–Trinajstić information content (AvgIpc) is 2.54. The van der Waals surface area contributed by atoms with Gasteiger partial charge in [-0.3, -0.25) is 9.59 Å². The van der Waals surface area contributed by atoms with Crippen LogP contribution in [0.4, 0.5) is 15.8 Å². The third-order valence-electron chi connectivity index (χ3n) is 3.06. The second-order valence-electron chi connectivity index (χ2n) is 4.82. The van der Waals surface area contributed by atoms with Crippen molar-refractivity contribution in [1.29, 1.82) is 0 Å². The lowest BCUT2D eigenvalue weighted by Crippen LogP contribution is -2.24. The van der Waals surface area contributed by atoms with Crippen molar-refractivity contribution in [3.8, 4) is 0 Å². The van der Waals surface area contributed by atoms with Crippen molar-refractivity contribution < 1.29 is 14.0 Å². The van der Waals surface area contributed by atoms with Gasteiger partial charge in [-0.05, 0) is 37.3 Å². The Hall–Kier alpha value is -2.89. The van der Waals surface area contributed by atoms with Crippen molar-refractivity contribution in [3.63, 3.8) is 0 Å². The largest absolute Gasteiger partial charge is 0.374 e. The molecule has 0 saturated carbocycles. The number of halogens is 1. The van der Waals surface area contributed by atoms with Gasteiger partial charge in [-0.2, -0.15) is 0 Å². The molecule has 3 N–H and O–H groups in total. The van der Waals surface area contributed by atoms with E-state index in [4.69, 9.17) is 0 Å². The fourth-order valence-corrected chi connectivity index (χ4v) is 1.99. The topological polar surface area (TPSA) is 70.2 Å². The summed E-state index contributed by atoms with van der Waals surface area (Å²) in [6, 6.07) is 12.7. The highest BCUT2D eigenvalue weighted by molar-refractivity contribution is 5.98. The zero-order valence-corrected chi connectivity index (χ0v) is 12.7. The molecule has 6 heteroatoms. The molecule has 2 amide bonds. The zero-order valence-electron chi connectivity index (χ0n) is 12.7. The molecule has 0 aliphatic carbocycles. The predicted molar refractivity (Wildman–Crippen MR) is 88.0 cm³/mol. The van der Waals surface area contributed by atoms with E-state index in [9.17, 15) is 14.0 Å². The van der Waals surface area contributed by atoms with Gasteiger partial charge >= 0.3 is 0 Å². The maximum atomic E-state index is 13.4. The first-order valence-electron chi connectivity index (χ1n) is 7.26. The summed E-state index contributed by atoms with van der Waals surface area (Å²) in [6.45, 7) is 2.28. The molecule has 0 spiro atoms. The summed E-state index contributed by atoms with van der Waals surface area (Å²) in [5.41, 5.74) is 1.24. The van der Waals surface area contributed by atoms with E-state index in [-0.39, 0.29) is 24.0 Å². The van der Waals surface area contributed by atoms with Crippen LogP contribution in [0.2, 0.25) is 0 Å². The van der Waals surface area contributed by atoms with E-state index in [1.165, 1.54) is 6.07 Å². The molecule has 0 atom stereocenters. The van der Waals surface area contributed by atoms with Crippen molar-refractivity contribution >= 4 is 23.2 Å². The molecule has 0 aromatic heterocycles. The van der Waals surface area contributed by atoms with Gasteiger partial charge in [-0.15, -0.1) is 0 Å². The Labute approximate surface area is 133 Å². The Morgan fingerprint density at radius 2 is 1.87 bits per heavy atom. The van der Waals surface area contributed by atoms with Crippen LogP contribution in [0.15, 0.2) is 48.5 Å². The Bertz CT molecular complexity index is 704. The minimum atomic E-state index is -0.418. The molecule has 2 rings (SSSR count). The van der Waals surface area contributed by atoms with Crippen molar-refractivity contribution in [2.75, 3.05) is 23.7 Å². The van der Waals surface area contributed by atoms with Crippen LogP contribution in [0.1, 0.15) is 17.3 Å². The third kappa shape index (κ3) is 4.81. The van der Waals surface area contributed by atoms with Crippen molar-refractivity contribution in [3.05, 3.63) is 59.9 Å². The van der Waals surface area contributed by atoms with Crippen LogP contribution < -0.4 is 16.0 Å². The van der Waals surface area contributed by atoms with Crippen LogP contribution in [-0.2, 0) is 4.79 Å². The summed E-state index contributed by atoms with van der Waals surface area (Å²) >= 11 is 0. The van der Waals surface area contributed by atoms with Gasteiger partial charge in [0.1, 0.15) is 5.82 Å². The molecule has 0 fully saturated rings. The zero-order chi connectivity index (χ0) is 16.7. The van der Waals surface area contributed by atoms with Crippen LogP contribution in [0.3, 0.4) is 0 Å². The van der Waals surface area contributed by atoms with Crippen LogP contribution in [0.25, 0.3) is 0 Å². The number of anilines is 2. The summed E-state index contributed by atoms with van der Waals surface area (Å²) in [5, 5.41) is 8.08. The highest BCUT2D eigenvalue weighted by atomic mass is 19.1. The van der Waals surface area contributed by atoms with Gasteiger partial charge in [0.2, 0.25) is 5.91 Å². The van der Waals surface area contributed by atoms with Gasteiger partial charge in [0.25, 0.3) is 5.91 Å². The first-order valence-corrected chi connectivity index (χ1v) is 7.26. The van der Waals surface area contributed by atoms with E-state index in [0.717, 1.165) is 0 Å². The standard InChI is InChI=1S/C17H18FN3O2/c1-2-19-17(23)12-6-5-7-13(10-12)21-16(22)11-20-15-9-4-3-8-14(15)18/h3-10,20H,2,11H2,1H3,(H,19,23)(H,21,22). The molecule has 0 aliphatic heterocycles. The fraction of sp³-hybridized carbons (Fsp3) is 0.176. The SMILES string of the molecule is CCNC(=O)c1cccc(NC(=O)CNc2ccccc2F)c1. The number of benzene rings is 2. The quantitative estimate of drug-likeness (QED) is 0.767. The van der Waals surface area contributed by atoms with E-state index in [2.05, 4.69) is 16.0 Å². The summed E-state index contributed by atoms with van der Waals surface area (Å²) in [4.78, 5) is 23.7. The van der Waals surface area contributed by atoms with Gasteiger partial charge in [0, 0.05) is 17.8 Å². The molecule has 2 aromatic rings. The second-order valence-corrected chi connectivity index (χ2v) is 4.82. The molecule has 0 aliphatic rings. The van der Waals surface area contributed by atoms with Gasteiger partial charge in [0.15, 0.2) is 0 Å². The smallest absolute Gasteiger partial charge is 0.251 e. The Morgan fingerprint density at radius 3 is 2.61 bits per heavy atom. The molecule has 23 heavy (non-hydrogen) atoms. The maximum absolute atomic E-state index is 13.4. The lowest BCUT2D eigenvalue weighted by Gasteiger charge is -2.09. The number of carbonyl (C=O) groups is 2. The highest BCUT2D eigenvalue weighted by Gasteiger charge is 2.08. The van der Waals surface area contributed by atoms with E-state index in [1.54, 1.807) is 42.5 Å². The van der Waals surface area contributed by atoms with Gasteiger partial charge < -0.3 is 16.0 Å². The molecule has 0 unspecified atom stereocenters. The molecule has 0 radical (unpaired) electrons. The molecular formula is C17H18FN3O2. The fourth-order valence-electron chi connectivity index (χ4n) is 1.99. The molecule has 0 saturated heterocycles. The molecular weight excluding hydrogens is 297 g/mol. The number of amides is 2. The first-order chi connectivity index (χ1) is 11.1. The normalized spacial score (nSPS) is 10.0. The van der Waals surface area contributed by atoms with Crippen LogP contribution in [0.5, 0.6) is 0 Å². The number of rotatable bonds is 6. The third-order valence-corrected chi connectivity index (χ3v) is 3.06. The van der Waals surface area contributed by atoms with Crippen molar-refractivity contribution in [2.24, 2.45) is 0 Å². The number of hydrogen-bond acceptors (Lipinski definition) is 3. The minimum absolute atomic E-state index is 0.0771. The van der Waals surface area contributed by atoms with Gasteiger partial charge in [0.05, 0.1) is 12.2 Å². The summed E-state index contributed by atoms with van der Waals surface area (Å²) < 4.78 is 13.4. The number of carbonyl (C=O) groups excluding carboxylic acids is 2. The average molecular weight is 315 g/mol. The molecule has 2 aromatic carbocycles. The molecule has 120 valence electrons. The summed E-state index contributed by atoms with van der Waals surface area (Å²) in [6.07, 6.45) is 0. The van der Waals surface area contributed by atoms with E-state index < -0.39 is 5.82 Å². The second kappa shape index (κ2) is 7.93. The van der Waals surface area contributed by atoms with Crippen molar-refractivity contribution in [2.45, 2.75) is 6.92 Å². The lowest BCUT2D eigenvalue weighted by molar-refractivity contribution is -0.114. The minimum Gasteiger partial charge on any atom is -0.374 e. The molecule has 0 bridgehead atoms. The number of hydrogen-bond donors (Lipinski definition) is 3. The lowest BCUT2D eigenvalue weighted by atomic mass is 10.2. The van der Waals surface area contributed by atoms with Gasteiger partial charge in [-0.25, -0.2) is 4.39 Å². The maximum Gasteiger partial charge on any atom is 0.251 e. The Balaban J connectivity index is 1.94. The highest BCUT2D eigenvalue weighted by Crippen LogP contribution is 2.13. The number of para-hydroxylation sites is 1. The monoisotopic (exact) mass is 315 g/mol. The molecule has 5 nitrogen and oxygen atoms in total. The Kier molecular flexibility index (Phi) is 5.68. The first kappa shape index (κ1) is 16.5. The van der Waals surface area contributed by atoms with Gasteiger partial charge in [-0.1, -0.05) is 18.2 Å². The van der Waals surface area contributed by atoms with E-state index in [1.807, 2.05) is 6.92 Å². The summed E-state index contributed by atoms with van der Waals surface area (Å²) in [5.74, 6) is -0.951. The number of nitrogens with one attached hydrogen (secondary N) is 3. The summed E-state index contributed by atoms with van der Waals surface area (Å²) in [7, 11) is 0. The predicted octanol–water partition coefficient (Wildman–Crippen LogP) is 2.63. The van der Waals surface area contributed by atoms with Crippen LogP contribution in [0, 0.1) is 5.82 Å². The van der Waals surface area contributed by atoms with Crippen LogP contribution in [-0.4, -0.2) is 24.9 Å². The van der Waals surface area contributed by atoms with E-state index in [0.29, 0.717) is 17.8 Å². The van der Waals surface area contributed by atoms with Crippen LogP contribution >= 0.6 is 0 Å². The van der Waals surface area contributed by atoms with Crippen molar-refractivity contribution in [1.82, 2.24) is 5.32 Å². The van der Waals surface area contributed by atoms with E-state index >= 15 is 0 Å². The molecule has 0 heterocycles.